The molecule has 4 nitrogen and oxygen atoms in total. The predicted octanol–water partition coefficient (Wildman–Crippen LogP) is 3.47. The summed E-state index contributed by atoms with van der Waals surface area (Å²) in [5.41, 5.74) is 1.46. The van der Waals surface area contributed by atoms with E-state index in [4.69, 9.17) is 9.47 Å². The standard InChI is InChI=1S/C22H30N2O2/c1-2-4-15(3-1)12-24-13-18(17-5-6-19-20(11-17)26-14-25-19)22-21(24)16-7-9-23(22)10-8-16/h5-6,11,15-16,18,21-22H,1-4,7-10,12-14H2/t18-,21+,22+/m0/s1. The second-order valence-corrected chi connectivity index (χ2v) is 9.18. The highest BCUT2D eigenvalue weighted by molar-refractivity contribution is 5.46. The van der Waals surface area contributed by atoms with Gasteiger partial charge in [-0.3, -0.25) is 9.80 Å². The number of hydrogen-bond donors (Lipinski definition) is 0. The molecule has 5 fully saturated rings. The third kappa shape index (κ3) is 2.41. The molecule has 5 aliphatic heterocycles. The van der Waals surface area contributed by atoms with Crippen LogP contribution in [0.15, 0.2) is 18.2 Å². The Morgan fingerprint density at radius 3 is 2.58 bits per heavy atom. The van der Waals surface area contributed by atoms with Crippen molar-refractivity contribution in [1.82, 2.24) is 9.80 Å². The third-order valence-corrected chi connectivity index (χ3v) is 7.89. The Labute approximate surface area is 156 Å². The summed E-state index contributed by atoms with van der Waals surface area (Å²) >= 11 is 0. The molecule has 1 saturated carbocycles. The van der Waals surface area contributed by atoms with E-state index in [1.54, 1.807) is 0 Å². The number of rotatable bonds is 3. The van der Waals surface area contributed by atoms with E-state index < -0.39 is 0 Å². The van der Waals surface area contributed by atoms with Crippen molar-refractivity contribution in [2.75, 3.05) is 33.0 Å². The molecule has 0 radical (unpaired) electrons. The zero-order chi connectivity index (χ0) is 17.1. The monoisotopic (exact) mass is 354 g/mol. The van der Waals surface area contributed by atoms with Crippen LogP contribution in [0.5, 0.6) is 11.5 Å². The Balaban J connectivity index is 1.32. The molecule has 4 heteroatoms. The zero-order valence-corrected chi connectivity index (χ0v) is 15.6. The number of fused-ring (bicyclic) bond motifs is 3. The summed E-state index contributed by atoms with van der Waals surface area (Å²) in [5, 5.41) is 0. The van der Waals surface area contributed by atoms with Crippen molar-refractivity contribution in [3.8, 4) is 11.5 Å². The summed E-state index contributed by atoms with van der Waals surface area (Å²) in [6.07, 6.45) is 8.64. The lowest BCUT2D eigenvalue weighted by Gasteiger charge is -2.51. The Morgan fingerprint density at radius 1 is 0.923 bits per heavy atom. The first-order valence-electron chi connectivity index (χ1n) is 10.7. The number of benzene rings is 1. The molecule has 7 rings (SSSR count). The van der Waals surface area contributed by atoms with Gasteiger partial charge in [0, 0.05) is 31.1 Å². The van der Waals surface area contributed by atoms with Crippen molar-refractivity contribution in [3.63, 3.8) is 0 Å². The fourth-order valence-corrected chi connectivity index (χ4v) is 6.71. The van der Waals surface area contributed by atoms with E-state index in [0.717, 1.165) is 29.4 Å². The van der Waals surface area contributed by atoms with Gasteiger partial charge >= 0.3 is 0 Å². The van der Waals surface area contributed by atoms with Crippen LogP contribution >= 0.6 is 0 Å². The molecule has 1 aliphatic carbocycles. The quantitative estimate of drug-likeness (QED) is 0.830. The molecular weight excluding hydrogens is 324 g/mol. The van der Waals surface area contributed by atoms with E-state index in [1.807, 2.05) is 0 Å². The van der Waals surface area contributed by atoms with E-state index in [-0.39, 0.29) is 0 Å². The van der Waals surface area contributed by atoms with Crippen molar-refractivity contribution in [1.29, 1.82) is 0 Å². The van der Waals surface area contributed by atoms with Gasteiger partial charge in [0.25, 0.3) is 0 Å². The van der Waals surface area contributed by atoms with E-state index in [2.05, 4.69) is 28.0 Å². The van der Waals surface area contributed by atoms with Crippen LogP contribution in [0.1, 0.15) is 50.0 Å². The second kappa shape index (κ2) is 6.13. The van der Waals surface area contributed by atoms with Gasteiger partial charge in [0.05, 0.1) is 0 Å². The molecule has 4 saturated heterocycles. The van der Waals surface area contributed by atoms with E-state index in [0.29, 0.717) is 18.8 Å². The fourth-order valence-electron chi connectivity index (χ4n) is 6.71. The average Bonchev–Trinajstić information content (AvgIpc) is 3.43. The molecule has 0 spiro atoms. The normalized spacial score (nSPS) is 38.8. The molecule has 26 heavy (non-hydrogen) atoms. The average molecular weight is 354 g/mol. The first kappa shape index (κ1) is 15.8. The maximum absolute atomic E-state index is 5.68. The van der Waals surface area contributed by atoms with E-state index in [1.165, 1.54) is 70.3 Å². The van der Waals surface area contributed by atoms with Crippen LogP contribution in [0.2, 0.25) is 0 Å². The molecule has 3 atom stereocenters. The maximum Gasteiger partial charge on any atom is 0.231 e. The number of ether oxygens (including phenoxy) is 2. The molecule has 0 unspecified atom stereocenters. The van der Waals surface area contributed by atoms with E-state index >= 15 is 0 Å². The largest absolute Gasteiger partial charge is 0.454 e. The van der Waals surface area contributed by atoms with Gasteiger partial charge in [-0.1, -0.05) is 18.9 Å². The Hall–Kier alpha value is -1.26. The maximum atomic E-state index is 5.68. The van der Waals surface area contributed by atoms with Gasteiger partial charge in [-0.2, -0.15) is 0 Å². The van der Waals surface area contributed by atoms with Crippen molar-refractivity contribution in [2.24, 2.45) is 11.8 Å². The van der Waals surface area contributed by atoms with E-state index in [9.17, 15) is 0 Å². The second-order valence-electron chi connectivity index (χ2n) is 9.18. The first-order valence-corrected chi connectivity index (χ1v) is 10.7. The van der Waals surface area contributed by atoms with Crippen molar-refractivity contribution < 1.29 is 9.47 Å². The highest BCUT2D eigenvalue weighted by Crippen LogP contribution is 2.48. The zero-order valence-electron chi connectivity index (χ0n) is 15.6. The van der Waals surface area contributed by atoms with Crippen LogP contribution in [0, 0.1) is 11.8 Å². The SMILES string of the molecule is c1cc2c(cc1[C@@H]1CN(CC3CCCC3)[C@@H]3C4CCN(CC4)[C@@H]31)OCO2. The minimum absolute atomic E-state index is 0.373. The van der Waals surface area contributed by atoms with Crippen molar-refractivity contribution in [3.05, 3.63) is 23.8 Å². The summed E-state index contributed by atoms with van der Waals surface area (Å²) in [6, 6.07) is 8.20. The first-order chi connectivity index (χ1) is 12.9. The molecule has 1 aromatic rings. The van der Waals surface area contributed by atoms with Gasteiger partial charge in [0.15, 0.2) is 11.5 Å². The Kier molecular flexibility index (Phi) is 3.72. The smallest absolute Gasteiger partial charge is 0.231 e. The third-order valence-electron chi connectivity index (χ3n) is 7.89. The van der Waals surface area contributed by atoms with Gasteiger partial charge in [-0.15, -0.1) is 0 Å². The van der Waals surface area contributed by atoms with Crippen LogP contribution in [0.25, 0.3) is 0 Å². The summed E-state index contributed by atoms with van der Waals surface area (Å²) in [7, 11) is 0. The van der Waals surface area contributed by atoms with Crippen LogP contribution in [0.4, 0.5) is 0 Å². The lowest BCUT2D eigenvalue weighted by Crippen LogP contribution is -2.60. The Bertz CT molecular complexity index is 679. The number of likely N-dealkylation sites (tertiary alicyclic amines) is 1. The molecule has 140 valence electrons. The summed E-state index contributed by atoms with van der Waals surface area (Å²) < 4.78 is 11.2. The molecule has 2 bridgehead atoms. The van der Waals surface area contributed by atoms with Crippen molar-refractivity contribution >= 4 is 0 Å². The summed E-state index contributed by atoms with van der Waals surface area (Å²) in [4.78, 5) is 5.72. The summed E-state index contributed by atoms with van der Waals surface area (Å²) in [5.74, 6) is 4.35. The molecule has 5 heterocycles. The fraction of sp³-hybridized carbons (Fsp3) is 0.727. The number of nitrogens with zero attached hydrogens (tertiary/aromatic N) is 2. The molecular formula is C22H30N2O2. The molecule has 0 aromatic heterocycles. The highest BCUT2D eigenvalue weighted by atomic mass is 16.7. The lowest BCUT2D eigenvalue weighted by atomic mass is 9.75. The van der Waals surface area contributed by atoms with Gasteiger partial charge in [0.2, 0.25) is 6.79 Å². The van der Waals surface area contributed by atoms with Crippen LogP contribution in [-0.4, -0.2) is 54.9 Å². The molecule has 6 aliphatic rings. The van der Waals surface area contributed by atoms with Crippen LogP contribution in [0.3, 0.4) is 0 Å². The van der Waals surface area contributed by atoms with Crippen LogP contribution < -0.4 is 9.47 Å². The lowest BCUT2D eigenvalue weighted by molar-refractivity contribution is -0.00999. The van der Waals surface area contributed by atoms with Gasteiger partial charge in [-0.25, -0.2) is 0 Å². The molecule has 0 N–H and O–H groups in total. The minimum Gasteiger partial charge on any atom is -0.454 e. The topological polar surface area (TPSA) is 24.9 Å². The van der Waals surface area contributed by atoms with Gasteiger partial charge in [-0.05, 0) is 68.3 Å². The Morgan fingerprint density at radius 2 is 1.73 bits per heavy atom. The summed E-state index contributed by atoms with van der Waals surface area (Å²) in [6.45, 7) is 5.57. The molecule has 1 aromatic carbocycles. The minimum atomic E-state index is 0.373. The molecule has 0 amide bonds. The van der Waals surface area contributed by atoms with Gasteiger partial charge < -0.3 is 9.47 Å². The number of piperidine rings is 3. The highest BCUT2D eigenvalue weighted by Gasteiger charge is 2.53. The van der Waals surface area contributed by atoms with Crippen molar-refractivity contribution in [2.45, 2.75) is 56.5 Å². The van der Waals surface area contributed by atoms with Crippen LogP contribution in [-0.2, 0) is 0 Å². The number of hydrogen-bond acceptors (Lipinski definition) is 4. The predicted molar refractivity (Wildman–Crippen MR) is 101 cm³/mol. The van der Waals surface area contributed by atoms with Gasteiger partial charge in [0.1, 0.15) is 0 Å².